The summed E-state index contributed by atoms with van der Waals surface area (Å²) in [6.45, 7) is 10.5. The summed E-state index contributed by atoms with van der Waals surface area (Å²) in [5.74, 6) is -1.44. The molecule has 1 amide bonds. The van der Waals surface area contributed by atoms with E-state index in [-0.39, 0.29) is 35.1 Å². The molecule has 0 aliphatic rings. The number of ether oxygens (including phenoxy) is 2. The molecule has 23 heavy (non-hydrogen) atoms. The average molecular weight is 341 g/mol. The lowest BCUT2D eigenvalue weighted by Gasteiger charge is -2.19. The van der Waals surface area contributed by atoms with Crippen molar-refractivity contribution in [2.24, 2.45) is 0 Å². The molecule has 0 unspecified atom stereocenters. The second kappa shape index (κ2) is 7.59. The lowest BCUT2D eigenvalue weighted by molar-refractivity contribution is -0.115. The van der Waals surface area contributed by atoms with E-state index in [1.165, 1.54) is 0 Å². The Morgan fingerprint density at radius 1 is 1.13 bits per heavy atom. The van der Waals surface area contributed by atoms with Crippen LogP contribution in [0.1, 0.15) is 65.9 Å². The van der Waals surface area contributed by atoms with Crippen LogP contribution >= 0.6 is 11.3 Å². The first-order valence-electron chi connectivity index (χ1n) is 7.44. The highest BCUT2D eigenvalue weighted by Gasteiger charge is 2.30. The summed E-state index contributed by atoms with van der Waals surface area (Å²) in [7, 11) is 0. The Bertz CT molecular complexity index is 613. The summed E-state index contributed by atoms with van der Waals surface area (Å²) in [6, 6.07) is 0. The van der Waals surface area contributed by atoms with E-state index in [9.17, 15) is 14.4 Å². The van der Waals surface area contributed by atoms with Crippen molar-refractivity contribution < 1.29 is 23.9 Å². The number of anilines is 1. The van der Waals surface area contributed by atoms with Gasteiger partial charge in [-0.1, -0.05) is 6.92 Å². The van der Waals surface area contributed by atoms with Gasteiger partial charge in [0.05, 0.1) is 17.9 Å². The number of hydrogen-bond acceptors (Lipinski definition) is 6. The summed E-state index contributed by atoms with van der Waals surface area (Å²) in [5.41, 5.74) is -0.294. The molecule has 1 aromatic heterocycles. The molecule has 0 bridgehead atoms. The highest BCUT2D eigenvalue weighted by atomic mass is 32.1. The van der Waals surface area contributed by atoms with Gasteiger partial charge in [0, 0.05) is 11.3 Å². The molecule has 0 atom stereocenters. The topological polar surface area (TPSA) is 81.7 Å². The standard InChI is InChI=1S/C16H23NO5S/c1-7-10(18)17-12-11(14(19)21-8-2)9(3)23-13(12)15(20)22-16(4,5)6/h7-8H2,1-6H3,(H,17,18). The van der Waals surface area contributed by atoms with E-state index in [2.05, 4.69) is 5.32 Å². The second-order valence-electron chi connectivity index (χ2n) is 5.86. The van der Waals surface area contributed by atoms with Crippen molar-refractivity contribution in [1.29, 1.82) is 0 Å². The van der Waals surface area contributed by atoms with Crippen molar-refractivity contribution in [2.75, 3.05) is 11.9 Å². The Morgan fingerprint density at radius 3 is 2.22 bits per heavy atom. The largest absolute Gasteiger partial charge is 0.462 e. The van der Waals surface area contributed by atoms with Crippen LogP contribution in [0.2, 0.25) is 0 Å². The van der Waals surface area contributed by atoms with Crippen molar-refractivity contribution in [3.63, 3.8) is 0 Å². The minimum Gasteiger partial charge on any atom is -0.462 e. The first-order chi connectivity index (χ1) is 10.6. The first kappa shape index (κ1) is 19.2. The third-order valence-corrected chi connectivity index (χ3v) is 3.82. The maximum atomic E-state index is 12.4. The molecule has 0 saturated carbocycles. The molecule has 0 aliphatic carbocycles. The molecule has 0 saturated heterocycles. The van der Waals surface area contributed by atoms with E-state index in [4.69, 9.17) is 9.47 Å². The average Bonchev–Trinajstić information content (AvgIpc) is 2.73. The van der Waals surface area contributed by atoms with Gasteiger partial charge in [-0.05, 0) is 34.6 Å². The van der Waals surface area contributed by atoms with Crippen LogP contribution in [0.15, 0.2) is 0 Å². The molecule has 7 heteroatoms. The molecule has 128 valence electrons. The molecular weight excluding hydrogens is 318 g/mol. The monoisotopic (exact) mass is 341 g/mol. The molecule has 1 rings (SSSR count). The van der Waals surface area contributed by atoms with Gasteiger partial charge in [-0.15, -0.1) is 11.3 Å². The number of carbonyl (C=O) groups excluding carboxylic acids is 3. The van der Waals surface area contributed by atoms with Crippen LogP contribution in [0.25, 0.3) is 0 Å². The fraction of sp³-hybridized carbons (Fsp3) is 0.562. The number of esters is 2. The zero-order chi connectivity index (χ0) is 17.8. The molecule has 1 aromatic rings. The number of thiophene rings is 1. The highest BCUT2D eigenvalue weighted by molar-refractivity contribution is 7.15. The smallest absolute Gasteiger partial charge is 0.351 e. The number of carbonyl (C=O) groups is 3. The van der Waals surface area contributed by atoms with E-state index in [0.29, 0.717) is 4.88 Å². The van der Waals surface area contributed by atoms with Gasteiger partial charge < -0.3 is 14.8 Å². The molecule has 0 aromatic carbocycles. The van der Waals surface area contributed by atoms with Crippen LogP contribution < -0.4 is 5.32 Å². The Morgan fingerprint density at radius 2 is 1.74 bits per heavy atom. The quantitative estimate of drug-likeness (QED) is 0.829. The molecule has 0 radical (unpaired) electrons. The van der Waals surface area contributed by atoms with E-state index in [1.807, 2.05) is 0 Å². The van der Waals surface area contributed by atoms with Gasteiger partial charge in [-0.3, -0.25) is 4.79 Å². The first-order valence-corrected chi connectivity index (χ1v) is 8.26. The molecule has 1 heterocycles. The van der Waals surface area contributed by atoms with Crippen LogP contribution in [0.5, 0.6) is 0 Å². The summed E-state index contributed by atoms with van der Waals surface area (Å²) in [5, 5.41) is 2.63. The maximum absolute atomic E-state index is 12.4. The van der Waals surface area contributed by atoms with Gasteiger partial charge in [0.25, 0.3) is 0 Å². The summed E-state index contributed by atoms with van der Waals surface area (Å²) < 4.78 is 10.4. The Kier molecular flexibility index (Phi) is 6.32. The van der Waals surface area contributed by atoms with E-state index in [1.54, 1.807) is 41.5 Å². The lowest BCUT2D eigenvalue weighted by atomic mass is 10.1. The van der Waals surface area contributed by atoms with Gasteiger partial charge in [0.1, 0.15) is 10.5 Å². The van der Waals surface area contributed by atoms with Crippen molar-refractivity contribution in [2.45, 2.75) is 53.6 Å². The molecule has 6 nitrogen and oxygen atoms in total. The Balaban J connectivity index is 3.34. The summed E-state index contributed by atoms with van der Waals surface area (Å²) in [4.78, 5) is 37.1. The zero-order valence-corrected chi connectivity index (χ0v) is 15.2. The number of amides is 1. The van der Waals surface area contributed by atoms with Gasteiger partial charge >= 0.3 is 11.9 Å². The molecule has 1 N–H and O–H groups in total. The van der Waals surface area contributed by atoms with Crippen LogP contribution in [0.3, 0.4) is 0 Å². The fourth-order valence-electron chi connectivity index (χ4n) is 1.81. The Hall–Kier alpha value is -1.89. The number of aryl methyl sites for hydroxylation is 1. The Labute approximate surface area is 140 Å². The van der Waals surface area contributed by atoms with E-state index >= 15 is 0 Å². The minimum absolute atomic E-state index is 0.173. The van der Waals surface area contributed by atoms with E-state index < -0.39 is 17.5 Å². The van der Waals surface area contributed by atoms with E-state index in [0.717, 1.165) is 11.3 Å². The second-order valence-corrected chi connectivity index (χ2v) is 7.09. The SMILES string of the molecule is CCOC(=O)c1c(C)sc(C(=O)OC(C)(C)C)c1NC(=O)CC. The maximum Gasteiger partial charge on any atom is 0.351 e. The third-order valence-electron chi connectivity index (χ3n) is 2.73. The van der Waals surface area contributed by atoms with Crippen molar-refractivity contribution >= 4 is 34.9 Å². The highest BCUT2D eigenvalue weighted by Crippen LogP contribution is 2.35. The van der Waals surface area contributed by atoms with Crippen LogP contribution in [-0.2, 0) is 14.3 Å². The minimum atomic E-state index is -0.675. The van der Waals surface area contributed by atoms with Gasteiger partial charge in [-0.2, -0.15) is 0 Å². The predicted molar refractivity (Wildman–Crippen MR) is 89.1 cm³/mol. The van der Waals surface area contributed by atoms with Crippen molar-refractivity contribution in [3.05, 3.63) is 15.3 Å². The zero-order valence-electron chi connectivity index (χ0n) is 14.4. The molecular formula is C16H23NO5S. The van der Waals surface area contributed by atoms with Crippen LogP contribution in [0.4, 0.5) is 5.69 Å². The lowest BCUT2D eigenvalue weighted by Crippen LogP contribution is -2.24. The molecule has 0 aliphatic heterocycles. The van der Waals surface area contributed by atoms with Gasteiger partial charge in [-0.25, -0.2) is 9.59 Å². The van der Waals surface area contributed by atoms with Crippen LogP contribution in [-0.4, -0.2) is 30.1 Å². The number of nitrogens with one attached hydrogen (secondary N) is 1. The van der Waals surface area contributed by atoms with Crippen molar-refractivity contribution in [3.8, 4) is 0 Å². The summed E-state index contributed by atoms with van der Waals surface area (Å²) >= 11 is 1.11. The summed E-state index contributed by atoms with van der Waals surface area (Å²) in [6.07, 6.45) is 0.227. The number of rotatable bonds is 5. The van der Waals surface area contributed by atoms with Gasteiger partial charge in [0.15, 0.2) is 0 Å². The third kappa shape index (κ3) is 5.06. The predicted octanol–water partition coefficient (Wildman–Crippen LogP) is 3.54. The normalized spacial score (nSPS) is 11.0. The molecule has 0 spiro atoms. The van der Waals surface area contributed by atoms with Gasteiger partial charge in [0.2, 0.25) is 5.91 Å². The number of hydrogen-bond donors (Lipinski definition) is 1. The van der Waals surface area contributed by atoms with Crippen LogP contribution in [0, 0.1) is 6.92 Å². The molecule has 0 fully saturated rings. The van der Waals surface area contributed by atoms with Crippen molar-refractivity contribution in [1.82, 2.24) is 0 Å². The fourth-order valence-corrected chi connectivity index (χ4v) is 2.78.